The first-order valence-electron chi connectivity index (χ1n) is 6.29. The fraction of sp³-hybridized carbons (Fsp3) is 0.500. The molecule has 0 spiro atoms. The van der Waals surface area contributed by atoms with Gasteiger partial charge in [0.05, 0.1) is 12.6 Å². The number of hydrogen-bond acceptors (Lipinski definition) is 5. The molecule has 20 heavy (non-hydrogen) atoms. The van der Waals surface area contributed by atoms with Crippen molar-refractivity contribution in [3.8, 4) is 0 Å². The average molecular weight is 280 g/mol. The molecule has 1 atom stereocenters. The maximum Gasteiger partial charge on any atom is 0.151 e. The Morgan fingerprint density at radius 1 is 1.40 bits per heavy atom. The van der Waals surface area contributed by atoms with Gasteiger partial charge in [-0.3, -0.25) is 4.99 Å². The van der Waals surface area contributed by atoms with E-state index in [1.165, 1.54) is 0 Å². The van der Waals surface area contributed by atoms with Crippen LogP contribution in [0.25, 0.3) is 0 Å². The highest BCUT2D eigenvalue weighted by Gasteiger charge is 2.07. The van der Waals surface area contributed by atoms with Crippen molar-refractivity contribution in [1.82, 2.24) is 0 Å². The van der Waals surface area contributed by atoms with Crippen LogP contribution in [0.5, 0.6) is 0 Å². The lowest BCUT2D eigenvalue weighted by molar-refractivity contribution is 0.186. The van der Waals surface area contributed by atoms with Crippen molar-refractivity contribution < 1.29 is 9.57 Å². The van der Waals surface area contributed by atoms with Gasteiger partial charge < -0.3 is 15.3 Å². The number of methoxy groups -OCH3 is 1. The van der Waals surface area contributed by atoms with Crippen LogP contribution in [-0.4, -0.2) is 38.5 Å². The van der Waals surface area contributed by atoms with Crippen LogP contribution >= 0.6 is 0 Å². The van der Waals surface area contributed by atoms with Crippen molar-refractivity contribution in [3.05, 3.63) is 23.1 Å². The van der Waals surface area contributed by atoms with Crippen molar-refractivity contribution in [1.29, 1.82) is 0 Å². The highest BCUT2D eigenvalue weighted by molar-refractivity contribution is 6.01. The van der Waals surface area contributed by atoms with E-state index < -0.39 is 0 Å². The Balaban J connectivity index is 5.18. The van der Waals surface area contributed by atoms with Gasteiger partial charge in [0, 0.05) is 30.7 Å². The summed E-state index contributed by atoms with van der Waals surface area (Å²) in [5, 5.41) is 3.67. The Bertz CT molecular complexity index is 436. The van der Waals surface area contributed by atoms with Gasteiger partial charge in [0.25, 0.3) is 0 Å². The summed E-state index contributed by atoms with van der Waals surface area (Å²) >= 11 is 0. The molecule has 0 radical (unpaired) electrons. The summed E-state index contributed by atoms with van der Waals surface area (Å²) in [6.07, 6.45) is 3.22. The van der Waals surface area contributed by atoms with Gasteiger partial charge >= 0.3 is 0 Å². The van der Waals surface area contributed by atoms with E-state index in [0.29, 0.717) is 23.9 Å². The van der Waals surface area contributed by atoms with Crippen molar-refractivity contribution in [3.63, 3.8) is 0 Å². The predicted octanol–water partition coefficient (Wildman–Crippen LogP) is 2.28. The standard InChI is InChI=1S/C14H24N4O2/c1-7-17-20-11(3)8-13(15)12(4)14(16-5)18-10(2)9-19-6/h7-8,10H,5,9,15H2,1-4,6H3/b11-8+,13-12?,17-7+,18-14?/t10-/m1/s1. The molecule has 0 heterocycles. The molecule has 2 N–H and O–H groups in total. The third-order valence-corrected chi connectivity index (χ3v) is 2.33. The monoisotopic (exact) mass is 280 g/mol. The number of hydrogen-bond donors (Lipinski definition) is 1. The molecule has 0 fully saturated rings. The van der Waals surface area contributed by atoms with Gasteiger partial charge in [-0.1, -0.05) is 5.16 Å². The zero-order valence-corrected chi connectivity index (χ0v) is 12.9. The minimum absolute atomic E-state index is 0.0192. The van der Waals surface area contributed by atoms with E-state index >= 15 is 0 Å². The van der Waals surface area contributed by atoms with Crippen molar-refractivity contribution >= 4 is 18.8 Å². The number of ether oxygens (including phenoxy) is 1. The van der Waals surface area contributed by atoms with E-state index in [0.717, 1.165) is 5.57 Å². The molecule has 6 heteroatoms. The Kier molecular flexibility index (Phi) is 8.95. The minimum Gasteiger partial charge on any atom is -0.398 e. The number of allylic oxidation sites excluding steroid dienone is 2. The zero-order valence-electron chi connectivity index (χ0n) is 12.9. The lowest BCUT2D eigenvalue weighted by atomic mass is 10.2. The third-order valence-electron chi connectivity index (χ3n) is 2.33. The summed E-state index contributed by atoms with van der Waals surface area (Å²) in [6, 6.07) is -0.0192. The molecule has 0 saturated carbocycles. The maximum atomic E-state index is 5.99. The van der Waals surface area contributed by atoms with Crippen molar-refractivity contribution in [2.45, 2.75) is 33.7 Å². The fourth-order valence-electron chi connectivity index (χ4n) is 1.36. The summed E-state index contributed by atoms with van der Waals surface area (Å²) in [4.78, 5) is 13.4. The molecular formula is C14H24N4O2. The van der Waals surface area contributed by atoms with E-state index in [4.69, 9.17) is 15.3 Å². The topological polar surface area (TPSA) is 81.6 Å². The van der Waals surface area contributed by atoms with E-state index in [2.05, 4.69) is 21.9 Å². The Morgan fingerprint density at radius 2 is 2.05 bits per heavy atom. The Hall–Kier alpha value is -1.95. The smallest absolute Gasteiger partial charge is 0.151 e. The second kappa shape index (κ2) is 9.91. The molecule has 0 aromatic heterocycles. The van der Waals surface area contributed by atoms with Crippen LogP contribution in [0.1, 0.15) is 27.7 Å². The summed E-state index contributed by atoms with van der Waals surface area (Å²) in [5.41, 5.74) is 7.22. The first-order chi connectivity index (χ1) is 9.46. The quantitative estimate of drug-likeness (QED) is 0.255. The largest absolute Gasteiger partial charge is 0.398 e. The van der Waals surface area contributed by atoms with Crippen LogP contribution in [0.2, 0.25) is 0 Å². The van der Waals surface area contributed by atoms with Crippen LogP contribution < -0.4 is 5.73 Å². The summed E-state index contributed by atoms with van der Waals surface area (Å²) in [7, 11) is 1.63. The highest BCUT2D eigenvalue weighted by Crippen LogP contribution is 2.09. The Labute approximate surface area is 120 Å². The molecule has 0 amide bonds. The predicted molar refractivity (Wildman–Crippen MR) is 84.2 cm³/mol. The van der Waals surface area contributed by atoms with Crippen LogP contribution in [0, 0.1) is 0 Å². The van der Waals surface area contributed by atoms with E-state index in [1.807, 2.05) is 13.8 Å². The van der Waals surface area contributed by atoms with Gasteiger partial charge in [0.15, 0.2) is 5.84 Å². The van der Waals surface area contributed by atoms with Gasteiger partial charge in [-0.05, 0) is 34.4 Å². The molecule has 6 nitrogen and oxygen atoms in total. The van der Waals surface area contributed by atoms with Crippen LogP contribution in [0.4, 0.5) is 0 Å². The highest BCUT2D eigenvalue weighted by atomic mass is 16.6. The minimum atomic E-state index is -0.0192. The number of nitrogens with two attached hydrogens (primary N) is 1. The van der Waals surface area contributed by atoms with Gasteiger partial charge in [0.1, 0.15) is 5.76 Å². The first-order valence-corrected chi connectivity index (χ1v) is 6.29. The number of oxime groups is 1. The molecule has 0 rings (SSSR count). The molecule has 112 valence electrons. The van der Waals surface area contributed by atoms with Crippen LogP contribution in [0.15, 0.2) is 38.2 Å². The molecular weight excluding hydrogens is 256 g/mol. The van der Waals surface area contributed by atoms with Gasteiger partial charge in [-0.25, -0.2) is 4.99 Å². The number of rotatable bonds is 7. The molecule has 0 aromatic carbocycles. The molecule has 0 saturated heterocycles. The van der Waals surface area contributed by atoms with Crippen LogP contribution in [-0.2, 0) is 9.57 Å². The molecule has 0 aromatic rings. The van der Waals surface area contributed by atoms with E-state index in [9.17, 15) is 0 Å². The van der Waals surface area contributed by atoms with E-state index in [-0.39, 0.29) is 6.04 Å². The van der Waals surface area contributed by atoms with Gasteiger partial charge in [0.2, 0.25) is 0 Å². The lowest BCUT2D eigenvalue weighted by Gasteiger charge is -2.09. The summed E-state index contributed by atoms with van der Waals surface area (Å²) in [5.74, 6) is 1.07. The van der Waals surface area contributed by atoms with Gasteiger partial charge in [-0.2, -0.15) is 0 Å². The summed E-state index contributed by atoms with van der Waals surface area (Å²) < 4.78 is 5.03. The fourth-order valence-corrected chi connectivity index (χ4v) is 1.36. The second-order valence-corrected chi connectivity index (χ2v) is 4.21. The number of aliphatic imine (C=N–C) groups is 2. The molecule has 0 aliphatic heterocycles. The molecule has 0 aliphatic rings. The SMILES string of the molecule is C=NC(=N[C@H](C)COC)C(C)=C(N)/C=C(\C)O/N=C/C. The number of nitrogens with zero attached hydrogens (tertiary/aromatic N) is 3. The van der Waals surface area contributed by atoms with Crippen molar-refractivity contribution in [2.75, 3.05) is 13.7 Å². The second-order valence-electron chi connectivity index (χ2n) is 4.21. The third kappa shape index (κ3) is 6.84. The first kappa shape index (κ1) is 18.0. The zero-order chi connectivity index (χ0) is 15.5. The molecule has 0 unspecified atom stereocenters. The van der Waals surface area contributed by atoms with E-state index in [1.54, 1.807) is 33.2 Å². The average Bonchev–Trinajstić information content (AvgIpc) is 2.41. The normalized spacial score (nSPS) is 16.1. The number of amidine groups is 1. The van der Waals surface area contributed by atoms with Crippen LogP contribution in [0.3, 0.4) is 0 Å². The molecule has 0 aliphatic carbocycles. The molecule has 0 bridgehead atoms. The summed E-state index contributed by atoms with van der Waals surface area (Å²) in [6.45, 7) is 11.3. The Morgan fingerprint density at radius 3 is 2.55 bits per heavy atom. The maximum absolute atomic E-state index is 5.99. The van der Waals surface area contributed by atoms with Gasteiger partial charge in [-0.15, -0.1) is 0 Å². The lowest BCUT2D eigenvalue weighted by Crippen LogP contribution is -2.13. The van der Waals surface area contributed by atoms with Crippen molar-refractivity contribution in [2.24, 2.45) is 20.9 Å².